The monoisotopic (exact) mass is 211 g/mol. The Morgan fingerprint density at radius 3 is 2.27 bits per heavy atom. The Morgan fingerprint density at radius 1 is 1.07 bits per heavy atom. The molecule has 2 saturated heterocycles. The van der Waals surface area contributed by atoms with Crippen LogP contribution in [0.1, 0.15) is 13.8 Å². The Morgan fingerprint density at radius 2 is 1.67 bits per heavy atom. The zero-order valence-corrected chi connectivity index (χ0v) is 10.2. The fourth-order valence-electron chi connectivity index (χ4n) is 2.43. The van der Waals surface area contributed by atoms with Gasteiger partial charge in [-0.15, -0.1) is 0 Å². The summed E-state index contributed by atoms with van der Waals surface area (Å²) < 4.78 is 0. The number of hydrogen-bond donors (Lipinski definition) is 1. The molecule has 2 heterocycles. The van der Waals surface area contributed by atoms with E-state index in [1.807, 2.05) is 0 Å². The molecule has 1 N–H and O–H groups in total. The molecule has 2 rings (SSSR count). The maximum Gasteiger partial charge on any atom is 0.0110 e. The smallest absolute Gasteiger partial charge is 0.0110 e. The van der Waals surface area contributed by atoms with Gasteiger partial charge in [0.25, 0.3) is 0 Å². The number of nitrogens with zero attached hydrogens (tertiary/aromatic N) is 2. The fourth-order valence-corrected chi connectivity index (χ4v) is 2.43. The lowest BCUT2D eigenvalue weighted by molar-refractivity contribution is 0.0563. The van der Waals surface area contributed by atoms with Crippen molar-refractivity contribution in [2.24, 2.45) is 11.8 Å². The quantitative estimate of drug-likeness (QED) is 0.730. The van der Waals surface area contributed by atoms with Crippen LogP contribution in [0.2, 0.25) is 0 Å². The summed E-state index contributed by atoms with van der Waals surface area (Å²) in [5, 5.41) is 3.40. The van der Waals surface area contributed by atoms with Crippen LogP contribution in [0.3, 0.4) is 0 Å². The first kappa shape index (κ1) is 11.4. The number of piperazine rings is 1. The Balaban J connectivity index is 1.55. The summed E-state index contributed by atoms with van der Waals surface area (Å²) in [6, 6.07) is 0. The summed E-state index contributed by atoms with van der Waals surface area (Å²) in [6.07, 6.45) is 0. The maximum absolute atomic E-state index is 3.40. The van der Waals surface area contributed by atoms with Gasteiger partial charge in [0.05, 0.1) is 0 Å². The molecule has 0 aromatic rings. The van der Waals surface area contributed by atoms with Gasteiger partial charge in [0.1, 0.15) is 0 Å². The van der Waals surface area contributed by atoms with Crippen molar-refractivity contribution in [2.45, 2.75) is 13.8 Å². The molecule has 0 spiro atoms. The molecule has 2 fully saturated rings. The minimum absolute atomic E-state index is 0.875. The Labute approximate surface area is 93.8 Å². The first-order valence-electron chi connectivity index (χ1n) is 6.41. The minimum Gasteiger partial charge on any atom is -0.314 e. The molecule has 88 valence electrons. The Bertz CT molecular complexity index is 181. The lowest BCUT2D eigenvalue weighted by atomic mass is 9.88. The zero-order valence-electron chi connectivity index (χ0n) is 10.2. The van der Waals surface area contributed by atoms with Crippen molar-refractivity contribution < 1.29 is 0 Å². The van der Waals surface area contributed by atoms with E-state index < -0.39 is 0 Å². The highest BCUT2D eigenvalue weighted by atomic mass is 15.2. The molecule has 0 saturated carbocycles. The van der Waals surface area contributed by atoms with E-state index in [4.69, 9.17) is 0 Å². The number of nitrogens with one attached hydrogen (secondary N) is 1. The SMILES string of the molecule is CC(C)C1CN(CCN2CCNCC2)C1. The van der Waals surface area contributed by atoms with Crippen molar-refractivity contribution in [3.8, 4) is 0 Å². The Hall–Kier alpha value is -0.120. The van der Waals surface area contributed by atoms with E-state index in [2.05, 4.69) is 29.0 Å². The summed E-state index contributed by atoms with van der Waals surface area (Å²) >= 11 is 0. The van der Waals surface area contributed by atoms with Gasteiger partial charge in [-0.3, -0.25) is 4.90 Å². The predicted octanol–water partition coefficient (Wildman–Crippen LogP) is 0.479. The van der Waals surface area contributed by atoms with Crippen LogP contribution in [-0.2, 0) is 0 Å². The highest BCUT2D eigenvalue weighted by Crippen LogP contribution is 2.22. The first-order chi connectivity index (χ1) is 7.25. The molecular formula is C12H25N3. The van der Waals surface area contributed by atoms with Gasteiger partial charge in [-0.05, 0) is 11.8 Å². The molecule has 0 aromatic heterocycles. The third-order valence-electron chi connectivity index (χ3n) is 3.87. The largest absolute Gasteiger partial charge is 0.314 e. The highest BCUT2D eigenvalue weighted by molar-refractivity contribution is 4.82. The van der Waals surface area contributed by atoms with E-state index in [1.54, 1.807) is 0 Å². The number of likely N-dealkylation sites (tertiary alicyclic amines) is 1. The second-order valence-electron chi connectivity index (χ2n) is 5.36. The molecule has 0 unspecified atom stereocenters. The second kappa shape index (κ2) is 5.28. The van der Waals surface area contributed by atoms with Gasteiger partial charge < -0.3 is 10.2 Å². The molecule has 0 radical (unpaired) electrons. The van der Waals surface area contributed by atoms with E-state index in [0.29, 0.717) is 0 Å². The van der Waals surface area contributed by atoms with Crippen molar-refractivity contribution in [3.63, 3.8) is 0 Å². The van der Waals surface area contributed by atoms with Gasteiger partial charge in [0.2, 0.25) is 0 Å². The van der Waals surface area contributed by atoms with Crippen molar-refractivity contribution in [2.75, 3.05) is 52.4 Å². The molecular weight excluding hydrogens is 186 g/mol. The standard InChI is InChI=1S/C12H25N3/c1-11(2)12-9-15(10-12)8-7-14-5-3-13-4-6-14/h11-13H,3-10H2,1-2H3. The molecule has 0 aliphatic carbocycles. The third-order valence-corrected chi connectivity index (χ3v) is 3.87. The van der Waals surface area contributed by atoms with E-state index in [-0.39, 0.29) is 0 Å². The molecule has 0 aromatic carbocycles. The van der Waals surface area contributed by atoms with Gasteiger partial charge in [-0.1, -0.05) is 13.8 Å². The van der Waals surface area contributed by atoms with Crippen LogP contribution < -0.4 is 5.32 Å². The van der Waals surface area contributed by atoms with Crippen molar-refractivity contribution in [3.05, 3.63) is 0 Å². The molecule has 0 bridgehead atoms. The molecule has 15 heavy (non-hydrogen) atoms. The average Bonchev–Trinajstić information content (AvgIpc) is 2.16. The first-order valence-corrected chi connectivity index (χ1v) is 6.41. The van der Waals surface area contributed by atoms with Crippen LogP contribution in [0.15, 0.2) is 0 Å². The van der Waals surface area contributed by atoms with Gasteiger partial charge in [-0.25, -0.2) is 0 Å². The summed E-state index contributed by atoms with van der Waals surface area (Å²) in [7, 11) is 0. The molecule has 3 nitrogen and oxygen atoms in total. The number of hydrogen-bond acceptors (Lipinski definition) is 3. The van der Waals surface area contributed by atoms with Gasteiger partial charge in [-0.2, -0.15) is 0 Å². The molecule has 2 aliphatic heterocycles. The van der Waals surface area contributed by atoms with E-state index in [1.165, 1.54) is 52.4 Å². The summed E-state index contributed by atoms with van der Waals surface area (Å²) in [4.78, 5) is 5.19. The lowest BCUT2D eigenvalue weighted by Gasteiger charge is -2.42. The van der Waals surface area contributed by atoms with Gasteiger partial charge in [0, 0.05) is 52.4 Å². The highest BCUT2D eigenvalue weighted by Gasteiger charge is 2.28. The zero-order chi connectivity index (χ0) is 10.7. The van der Waals surface area contributed by atoms with Crippen LogP contribution in [0.5, 0.6) is 0 Å². The summed E-state index contributed by atoms with van der Waals surface area (Å²) in [6.45, 7) is 14.7. The average molecular weight is 211 g/mol. The normalized spacial score (nSPS) is 25.8. The summed E-state index contributed by atoms with van der Waals surface area (Å²) in [5.41, 5.74) is 0. The molecule has 0 amide bonds. The van der Waals surface area contributed by atoms with E-state index >= 15 is 0 Å². The lowest BCUT2D eigenvalue weighted by Crippen LogP contribution is -2.53. The fraction of sp³-hybridized carbons (Fsp3) is 1.00. The molecule has 3 heteroatoms. The van der Waals surface area contributed by atoms with Gasteiger partial charge >= 0.3 is 0 Å². The second-order valence-corrected chi connectivity index (χ2v) is 5.36. The van der Waals surface area contributed by atoms with Gasteiger partial charge in [0.15, 0.2) is 0 Å². The predicted molar refractivity (Wildman–Crippen MR) is 64.1 cm³/mol. The third kappa shape index (κ3) is 3.16. The van der Waals surface area contributed by atoms with Crippen LogP contribution in [0, 0.1) is 11.8 Å². The molecule has 2 aliphatic rings. The van der Waals surface area contributed by atoms with Crippen LogP contribution >= 0.6 is 0 Å². The maximum atomic E-state index is 3.40. The number of rotatable bonds is 4. The van der Waals surface area contributed by atoms with Crippen molar-refractivity contribution in [1.82, 2.24) is 15.1 Å². The summed E-state index contributed by atoms with van der Waals surface area (Å²) in [5.74, 6) is 1.84. The van der Waals surface area contributed by atoms with Crippen LogP contribution in [0.4, 0.5) is 0 Å². The van der Waals surface area contributed by atoms with E-state index in [9.17, 15) is 0 Å². The topological polar surface area (TPSA) is 18.5 Å². The molecule has 0 atom stereocenters. The van der Waals surface area contributed by atoms with E-state index in [0.717, 1.165) is 11.8 Å². The van der Waals surface area contributed by atoms with Crippen molar-refractivity contribution >= 4 is 0 Å². The van der Waals surface area contributed by atoms with Crippen molar-refractivity contribution in [1.29, 1.82) is 0 Å². The van der Waals surface area contributed by atoms with Crippen LogP contribution in [-0.4, -0.2) is 62.2 Å². The minimum atomic E-state index is 0.875. The van der Waals surface area contributed by atoms with Crippen LogP contribution in [0.25, 0.3) is 0 Å². The Kier molecular flexibility index (Phi) is 4.00.